The van der Waals surface area contributed by atoms with Crippen molar-refractivity contribution in [2.75, 3.05) is 5.32 Å². The Morgan fingerprint density at radius 2 is 1.90 bits per heavy atom. The fourth-order valence-electron chi connectivity index (χ4n) is 2.46. The molecule has 0 fully saturated rings. The van der Waals surface area contributed by atoms with Crippen molar-refractivity contribution in [3.05, 3.63) is 46.0 Å². The molecular formula is C16H21ClFN3. The van der Waals surface area contributed by atoms with Crippen LogP contribution in [-0.4, -0.2) is 9.78 Å². The van der Waals surface area contributed by atoms with E-state index in [9.17, 15) is 4.39 Å². The van der Waals surface area contributed by atoms with Crippen LogP contribution in [0.3, 0.4) is 0 Å². The molecule has 3 nitrogen and oxygen atoms in total. The van der Waals surface area contributed by atoms with Crippen LogP contribution < -0.4 is 5.32 Å². The molecule has 1 atom stereocenters. The summed E-state index contributed by atoms with van der Waals surface area (Å²) in [7, 11) is 0. The Morgan fingerprint density at radius 3 is 2.43 bits per heavy atom. The molecule has 1 unspecified atom stereocenters. The number of aromatic nitrogens is 2. The van der Waals surface area contributed by atoms with Crippen molar-refractivity contribution in [2.24, 2.45) is 0 Å². The van der Waals surface area contributed by atoms with Gasteiger partial charge in [0.1, 0.15) is 5.82 Å². The van der Waals surface area contributed by atoms with Crippen molar-refractivity contribution in [1.29, 1.82) is 0 Å². The molecule has 2 aromatic rings. The molecule has 0 bridgehead atoms. The van der Waals surface area contributed by atoms with Crippen LogP contribution in [-0.2, 0) is 0 Å². The average Bonchev–Trinajstić information content (AvgIpc) is 2.70. The molecule has 0 aliphatic rings. The first-order valence-corrected chi connectivity index (χ1v) is 7.46. The SMILES string of the molecule is Cc1nn(C(C)C)c(C)c1NC(C)c1ccc(F)c(Cl)c1. The minimum atomic E-state index is -0.396. The first-order chi connectivity index (χ1) is 9.81. The second-order valence-corrected chi connectivity index (χ2v) is 6.03. The van der Waals surface area contributed by atoms with Crippen LogP contribution in [0.2, 0.25) is 5.02 Å². The van der Waals surface area contributed by atoms with Gasteiger partial charge in [-0.3, -0.25) is 4.68 Å². The second-order valence-electron chi connectivity index (χ2n) is 5.62. The molecule has 1 aromatic heterocycles. The third-order valence-electron chi connectivity index (χ3n) is 3.62. The minimum Gasteiger partial charge on any atom is -0.376 e. The van der Waals surface area contributed by atoms with E-state index in [-0.39, 0.29) is 11.1 Å². The summed E-state index contributed by atoms with van der Waals surface area (Å²) in [5.41, 5.74) is 4.03. The van der Waals surface area contributed by atoms with Gasteiger partial charge >= 0.3 is 0 Å². The predicted octanol–water partition coefficient (Wildman–Crippen LogP) is 5.05. The Morgan fingerprint density at radius 1 is 1.24 bits per heavy atom. The molecule has 5 heteroatoms. The molecule has 0 saturated heterocycles. The normalized spacial score (nSPS) is 12.8. The van der Waals surface area contributed by atoms with Crippen molar-refractivity contribution < 1.29 is 4.39 Å². The molecule has 0 radical (unpaired) electrons. The molecule has 0 spiro atoms. The van der Waals surface area contributed by atoms with Gasteiger partial charge in [0.15, 0.2) is 0 Å². The average molecular weight is 310 g/mol. The van der Waals surface area contributed by atoms with Crippen LogP contribution in [0.1, 0.15) is 49.8 Å². The lowest BCUT2D eigenvalue weighted by atomic mass is 10.1. The standard InChI is InChI=1S/C16H21ClFN3/c1-9(2)21-12(5)16(11(4)20-21)19-10(3)13-6-7-15(18)14(17)8-13/h6-10,19H,1-5H3. The lowest BCUT2D eigenvalue weighted by molar-refractivity contribution is 0.516. The smallest absolute Gasteiger partial charge is 0.141 e. The highest BCUT2D eigenvalue weighted by atomic mass is 35.5. The van der Waals surface area contributed by atoms with E-state index in [1.165, 1.54) is 6.07 Å². The van der Waals surface area contributed by atoms with Crippen LogP contribution >= 0.6 is 11.6 Å². The first kappa shape index (κ1) is 15.8. The van der Waals surface area contributed by atoms with Gasteiger partial charge < -0.3 is 5.32 Å². The highest BCUT2D eigenvalue weighted by Gasteiger charge is 2.16. The molecule has 2 rings (SSSR count). The monoisotopic (exact) mass is 309 g/mol. The number of rotatable bonds is 4. The summed E-state index contributed by atoms with van der Waals surface area (Å²) < 4.78 is 15.2. The quantitative estimate of drug-likeness (QED) is 0.856. The van der Waals surface area contributed by atoms with Crippen LogP contribution in [0.25, 0.3) is 0 Å². The molecule has 1 heterocycles. The van der Waals surface area contributed by atoms with Gasteiger partial charge in [0.2, 0.25) is 0 Å². The zero-order valence-corrected chi connectivity index (χ0v) is 13.8. The molecule has 0 saturated carbocycles. The Hall–Kier alpha value is -1.55. The number of anilines is 1. The fraction of sp³-hybridized carbons (Fsp3) is 0.438. The molecule has 0 amide bonds. The maximum absolute atomic E-state index is 13.2. The number of hydrogen-bond donors (Lipinski definition) is 1. The van der Waals surface area contributed by atoms with Crippen molar-refractivity contribution >= 4 is 17.3 Å². The number of nitrogens with one attached hydrogen (secondary N) is 1. The lowest BCUT2D eigenvalue weighted by Gasteiger charge is -2.17. The number of halogens is 2. The first-order valence-electron chi connectivity index (χ1n) is 7.08. The van der Waals surface area contributed by atoms with E-state index in [4.69, 9.17) is 11.6 Å². The maximum Gasteiger partial charge on any atom is 0.141 e. The van der Waals surface area contributed by atoms with E-state index in [1.807, 2.05) is 25.5 Å². The van der Waals surface area contributed by atoms with E-state index >= 15 is 0 Å². The van der Waals surface area contributed by atoms with Gasteiger partial charge in [-0.05, 0) is 52.3 Å². The molecule has 1 aromatic carbocycles. The summed E-state index contributed by atoms with van der Waals surface area (Å²) in [6, 6.07) is 5.13. The lowest BCUT2D eigenvalue weighted by Crippen LogP contribution is -2.09. The van der Waals surface area contributed by atoms with Gasteiger partial charge in [-0.1, -0.05) is 17.7 Å². The number of nitrogens with zero attached hydrogens (tertiary/aromatic N) is 2. The molecule has 1 N–H and O–H groups in total. The Labute approximate surface area is 130 Å². The van der Waals surface area contributed by atoms with Crippen LogP contribution in [0, 0.1) is 19.7 Å². The van der Waals surface area contributed by atoms with Crippen molar-refractivity contribution in [3.63, 3.8) is 0 Å². The summed E-state index contributed by atoms with van der Waals surface area (Å²) in [5.74, 6) is -0.396. The summed E-state index contributed by atoms with van der Waals surface area (Å²) in [6.45, 7) is 10.3. The van der Waals surface area contributed by atoms with E-state index in [0.29, 0.717) is 6.04 Å². The second kappa shape index (κ2) is 6.06. The van der Waals surface area contributed by atoms with E-state index in [1.54, 1.807) is 12.1 Å². The summed E-state index contributed by atoms with van der Waals surface area (Å²) in [5, 5.41) is 8.15. The number of benzene rings is 1. The van der Waals surface area contributed by atoms with Gasteiger partial charge in [-0.2, -0.15) is 5.10 Å². The molecule has 0 aliphatic carbocycles. The summed E-state index contributed by atoms with van der Waals surface area (Å²) in [4.78, 5) is 0. The van der Waals surface area contributed by atoms with Crippen LogP contribution in [0.5, 0.6) is 0 Å². The van der Waals surface area contributed by atoms with Crippen molar-refractivity contribution in [2.45, 2.75) is 46.7 Å². The molecule has 21 heavy (non-hydrogen) atoms. The number of aryl methyl sites for hydroxylation is 1. The van der Waals surface area contributed by atoms with E-state index < -0.39 is 5.82 Å². The third kappa shape index (κ3) is 3.21. The molecule has 114 valence electrons. The van der Waals surface area contributed by atoms with Crippen molar-refractivity contribution in [1.82, 2.24) is 9.78 Å². The highest BCUT2D eigenvalue weighted by Crippen LogP contribution is 2.28. The summed E-state index contributed by atoms with van der Waals surface area (Å²) in [6.07, 6.45) is 0. The third-order valence-corrected chi connectivity index (χ3v) is 3.91. The van der Waals surface area contributed by atoms with E-state index in [2.05, 4.69) is 24.3 Å². The zero-order valence-electron chi connectivity index (χ0n) is 13.0. The Balaban J connectivity index is 2.27. The van der Waals surface area contributed by atoms with Gasteiger partial charge in [-0.25, -0.2) is 4.39 Å². The van der Waals surface area contributed by atoms with Crippen LogP contribution in [0.15, 0.2) is 18.2 Å². The molecular weight excluding hydrogens is 289 g/mol. The minimum absolute atomic E-state index is 0.0188. The Bertz CT molecular complexity index is 649. The number of hydrogen-bond acceptors (Lipinski definition) is 2. The fourth-order valence-corrected chi connectivity index (χ4v) is 2.65. The van der Waals surface area contributed by atoms with Crippen LogP contribution in [0.4, 0.5) is 10.1 Å². The Kier molecular flexibility index (Phi) is 4.57. The topological polar surface area (TPSA) is 29.9 Å². The van der Waals surface area contributed by atoms with Gasteiger partial charge in [0, 0.05) is 12.1 Å². The van der Waals surface area contributed by atoms with Gasteiger partial charge in [0.05, 0.1) is 22.1 Å². The predicted molar refractivity (Wildman–Crippen MR) is 85.5 cm³/mol. The van der Waals surface area contributed by atoms with Gasteiger partial charge in [0.25, 0.3) is 0 Å². The largest absolute Gasteiger partial charge is 0.376 e. The van der Waals surface area contributed by atoms with Crippen molar-refractivity contribution in [3.8, 4) is 0 Å². The molecule has 0 aliphatic heterocycles. The summed E-state index contributed by atoms with van der Waals surface area (Å²) >= 11 is 5.85. The maximum atomic E-state index is 13.2. The zero-order chi connectivity index (χ0) is 15.7. The van der Waals surface area contributed by atoms with Gasteiger partial charge in [-0.15, -0.1) is 0 Å². The van der Waals surface area contributed by atoms with E-state index in [0.717, 1.165) is 22.6 Å². The highest BCUT2D eigenvalue weighted by molar-refractivity contribution is 6.30.